The summed E-state index contributed by atoms with van der Waals surface area (Å²) in [6.45, 7) is 1.73. The SMILES string of the molecule is Cc1occc1C(=O)Nc1ccc(F)cc1NC1CC1. The molecule has 1 aromatic heterocycles. The normalized spacial score (nSPS) is 14.1. The highest BCUT2D eigenvalue weighted by atomic mass is 19.1. The van der Waals surface area contributed by atoms with Crippen molar-refractivity contribution >= 4 is 17.3 Å². The van der Waals surface area contributed by atoms with Crippen molar-refractivity contribution in [3.05, 3.63) is 47.7 Å². The molecule has 104 valence electrons. The molecule has 1 amide bonds. The second kappa shape index (κ2) is 5.00. The van der Waals surface area contributed by atoms with Gasteiger partial charge in [0.25, 0.3) is 5.91 Å². The molecule has 0 aliphatic heterocycles. The number of hydrogen-bond acceptors (Lipinski definition) is 3. The maximum Gasteiger partial charge on any atom is 0.259 e. The molecule has 1 fully saturated rings. The van der Waals surface area contributed by atoms with E-state index < -0.39 is 0 Å². The Hall–Kier alpha value is -2.30. The van der Waals surface area contributed by atoms with Gasteiger partial charge in [0.05, 0.1) is 23.2 Å². The number of aryl methyl sites for hydroxylation is 1. The zero-order chi connectivity index (χ0) is 14.1. The van der Waals surface area contributed by atoms with Gasteiger partial charge < -0.3 is 15.1 Å². The van der Waals surface area contributed by atoms with E-state index in [1.54, 1.807) is 19.1 Å². The minimum atomic E-state index is -0.328. The smallest absolute Gasteiger partial charge is 0.259 e. The molecular formula is C15H15FN2O2. The Balaban J connectivity index is 1.82. The third kappa shape index (κ3) is 2.66. The average Bonchev–Trinajstić information content (AvgIpc) is 3.12. The number of furan rings is 1. The standard InChI is InChI=1S/C15H15FN2O2/c1-9-12(6-7-20-9)15(19)18-13-5-2-10(16)8-14(13)17-11-3-4-11/h2,5-8,11,17H,3-4H2,1H3,(H,18,19). The molecule has 5 heteroatoms. The predicted molar refractivity (Wildman–Crippen MR) is 74.4 cm³/mol. The third-order valence-electron chi connectivity index (χ3n) is 3.27. The molecule has 0 saturated heterocycles. The zero-order valence-corrected chi connectivity index (χ0v) is 11.1. The van der Waals surface area contributed by atoms with Crippen LogP contribution in [0.2, 0.25) is 0 Å². The lowest BCUT2D eigenvalue weighted by atomic mass is 10.2. The summed E-state index contributed by atoms with van der Waals surface area (Å²) in [7, 11) is 0. The van der Waals surface area contributed by atoms with Gasteiger partial charge in [0.15, 0.2) is 0 Å². The van der Waals surface area contributed by atoms with Crippen molar-refractivity contribution in [2.24, 2.45) is 0 Å². The van der Waals surface area contributed by atoms with Crippen LogP contribution in [0.4, 0.5) is 15.8 Å². The van der Waals surface area contributed by atoms with Crippen molar-refractivity contribution < 1.29 is 13.6 Å². The first-order chi connectivity index (χ1) is 9.63. The van der Waals surface area contributed by atoms with Gasteiger partial charge in [-0.1, -0.05) is 0 Å². The number of nitrogens with one attached hydrogen (secondary N) is 2. The molecule has 0 bridgehead atoms. The van der Waals surface area contributed by atoms with Crippen LogP contribution in [0.3, 0.4) is 0 Å². The predicted octanol–water partition coefficient (Wildman–Crippen LogP) is 3.55. The molecule has 1 heterocycles. The number of hydrogen-bond donors (Lipinski definition) is 2. The van der Waals surface area contributed by atoms with Crippen LogP contribution in [0.1, 0.15) is 29.0 Å². The number of carbonyl (C=O) groups is 1. The Labute approximate surface area is 116 Å². The summed E-state index contributed by atoms with van der Waals surface area (Å²) >= 11 is 0. The third-order valence-corrected chi connectivity index (χ3v) is 3.27. The van der Waals surface area contributed by atoms with Crippen molar-refractivity contribution in [3.8, 4) is 0 Å². The molecule has 2 aromatic rings. The lowest BCUT2D eigenvalue weighted by Crippen LogP contribution is -2.14. The minimum Gasteiger partial charge on any atom is -0.469 e. The van der Waals surface area contributed by atoms with Gasteiger partial charge in [-0.15, -0.1) is 0 Å². The van der Waals surface area contributed by atoms with Crippen molar-refractivity contribution in [1.82, 2.24) is 0 Å². The van der Waals surface area contributed by atoms with Crippen LogP contribution in [0, 0.1) is 12.7 Å². The maximum absolute atomic E-state index is 13.3. The van der Waals surface area contributed by atoms with Crippen LogP contribution in [0.25, 0.3) is 0 Å². The summed E-state index contributed by atoms with van der Waals surface area (Å²) in [5, 5.41) is 6.00. The Morgan fingerprint density at radius 2 is 2.10 bits per heavy atom. The van der Waals surface area contributed by atoms with Crippen molar-refractivity contribution in [2.75, 3.05) is 10.6 Å². The molecule has 0 spiro atoms. The topological polar surface area (TPSA) is 54.3 Å². The van der Waals surface area contributed by atoms with E-state index in [1.807, 2.05) is 0 Å². The molecule has 0 atom stereocenters. The van der Waals surface area contributed by atoms with E-state index >= 15 is 0 Å². The zero-order valence-electron chi connectivity index (χ0n) is 11.1. The number of benzene rings is 1. The highest BCUT2D eigenvalue weighted by Crippen LogP contribution is 2.30. The average molecular weight is 274 g/mol. The summed E-state index contributed by atoms with van der Waals surface area (Å²) in [5.41, 5.74) is 1.66. The van der Waals surface area contributed by atoms with Gasteiger partial charge in [0.1, 0.15) is 11.6 Å². The summed E-state index contributed by atoms with van der Waals surface area (Å²) < 4.78 is 18.4. The highest BCUT2D eigenvalue weighted by molar-refractivity contribution is 6.06. The first-order valence-corrected chi connectivity index (χ1v) is 6.55. The highest BCUT2D eigenvalue weighted by Gasteiger charge is 2.23. The van der Waals surface area contributed by atoms with E-state index in [0.29, 0.717) is 28.7 Å². The molecule has 1 saturated carbocycles. The molecule has 2 N–H and O–H groups in total. The monoisotopic (exact) mass is 274 g/mol. The first-order valence-electron chi connectivity index (χ1n) is 6.55. The molecule has 1 aromatic carbocycles. The molecule has 1 aliphatic rings. The second-order valence-corrected chi connectivity index (χ2v) is 4.95. The fourth-order valence-electron chi connectivity index (χ4n) is 2.00. The lowest BCUT2D eigenvalue weighted by Gasteiger charge is -2.12. The van der Waals surface area contributed by atoms with Crippen LogP contribution >= 0.6 is 0 Å². The van der Waals surface area contributed by atoms with Crippen molar-refractivity contribution in [2.45, 2.75) is 25.8 Å². The van der Waals surface area contributed by atoms with Gasteiger partial charge in [0, 0.05) is 6.04 Å². The van der Waals surface area contributed by atoms with Crippen LogP contribution in [0.5, 0.6) is 0 Å². The number of rotatable bonds is 4. The quantitative estimate of drug-likeness (QED) is 0.896. The van der Waals surface area contributed by atoms with Crippen LogP contribution in [0.15, 0.2) is 34.9 Å². The molecular weight excluding hydrogens is 259 g/mol. The fourth-order valence-corrected chi connectivity index (χ4v) is 2.00. The molecule has 4 nitrogen and oxygen atoms in total. The summed E-state index contributed by atoms with van der Waals surface area (Å²) in [6, 6.07) is 6.28. The van der Waals surface area contributed by atoms with E-state index in [-0.39, 0.29) is 11.7 Å². The van der Waals surface area contributed by atoms with Crippen LogP contribution < -0.4 is 10.6 Å². The molecule has 0 unspecified atom stereocenters. The van der Waals surface area contributed by atoms with Gasteiger partial charge in [0.2, 0.25) is 0 Å². The van der Waals surface area contributed by atoms with Crippen molar-refractivity contribution in [1.29, 1.82) is 0 Å². The second-order valence-electron chi connectivity index (χ2n) is 4.95. The summed E-state index contributed by atoms with van der Waals surface area (Å²) in [6.07, 6.45) is 3.62. The summed E-state index contributed by atoms with van der Waals surface area (Å²) in [4.78, 5) is 12.1. The Bertz CT molecular complexity index is 647. The maximum atomic E-state index is 13.3. The number of carbonyl (C=O) groups excluding carboxylic acids is 1. The molecule has 20 heavy (non-hydrogen) atoms. The van der Waals surface area contributed by atoms with Gasteiger partial charge in [-0.3, -0.25) is 4.79 Å². The van der Waals surface area contributed by atoms with Gasteiger partial charge in [-0.05, 0) is 44.0 Å². The van der Waals surface area contributed by atoms with Gasteiger partial charge in [-0.2, -0.15) is 0 Å². The van der Waals surface area contributed by atoms with E-state index in [1.165, 1.54) is 18.4 Å². The van der Waals surface area contributed by atoms with Gasteiger partial charge in [-0.25, -0.2) is 4.39 Å². The fraction of sp³-hybridized carbons (Fsp3) is 0.267. The van der Waals surface area contributed by atoms with E-state index in [2.05, 4.69) is 10.6 Å². The van der Waals surface area contributed by atoms with E-state index in [0.717, 1.165) is 12.8 Å². The number of anilines is 2. The largest absolute Gasteiger partial charge is 0.469 e. The Morgan fingerprint density at radius 3 is 2.75 bits per heavy atom. The lowest BCUT2D eigenvalue weighted by molar-refractivity contribution is 0.102. The summed E-state index contributed by atoms with van der Waals surface area (Å²) in [5.74, 6) is -0.0336. The number of amides is 1. The molecule has 3 rings (SSSR count). The Kier molecular flexibility index (Phi) is 3.18. The Morgan fingerprint density at radius 1 is 1.30 bits per heavy atom. The minimum absolute atomic E-state index is 0.262. The number of halogens is 1. The first kappa shape index (κ1) is 12.7. The van der Waals surface area contributed by atoms with Crippen LogP contribution in [-0.4, -0.2) is 11.9 Å². The van der Waals surface area contributed by atoms with E-state index in [9.17, 15) is 9.18 Å². The van der Waals surface area contributed by atoms with Gasteiger partial charge >= 0.3 is 0 Å². The van der Waals surface area contributed by atoms with Crippen LogP contribution in [-0.2, 0) is 0 Å². The van der Waals surface area contributed by atoms with E-state index in [4.69, 9.17) is 4.42 Å². The molecule has 0 radical (unpaired) electrons. The molecule has 1 aliphatic carbocycles. The van der Waals surface area contributed by atoms with Crippen molar-refractivity contribution in [3.63, 3.8) is 0 Å².